The van der Waals surface area contributed by atoms with E-state index < -0.39 is 5.97 Å². The molecule has 1 atom stereocenters. The third kappa shape index (κ3) is 3.24. The van der Waals surface area contributed by atoms with Crippen molar-refractivity contribution in [3.8, 4) is 0 Å². The Balaban J connectivity index is 2.92. The van der Waals surface area contributed by atoms with Gasteiger partial charge in [-0.15, -0.1) is 0 Å². The minimum absolute atomic E-state index is 0.0561. The molecule has 0 fully saturated rings. The number of benzene rings is 1. The maximum atomic E-state index is 10.7. The molecule has 0 aliphatic carbocycles. The predicted molar refractivity (Wildman–Crippen MR) is 61.5 cm³/mol. The number of hydrogen-bond acceptors (Lipinski definition) is 1. The van der Waals surface area contributed by atoms with E-state index in [0.717, 1.165) is 17.5 Å². The van der Waals surface area contributed by atoms with Crippen LogP contribution in [0.4, 0.5) is 0 Å². The molecule has 82 valence electrons. The monoisotopic (exact) mass is 226 g/mol. The zero-order valence-corrected chi connectivity index (χ0v) is 9.71. The van der Waals surface area contributed by atoms with Gasteiger partial charge in [-0.2, -0.15) is 0 Å². The molecule has 1 rings (SSSR count). The van der Waals surface area contributed by atoms with Crippen LogP contribution in [0, 0.1) is 6.92 Å². The summed E-state index contributed by atoms with van der Waals surface area (Å²) >= 11 is 6.00. The second-order valence-corrected chi connectivity index (χ2v) is 4.12. The highest BCUT2D eigenvalue weighted by Crippen LogP contribution is 2.27. The number of halogens is 1. The summed E-state index contributed by atoms with van der Waals surface area (Å²) in [5.41, 5.74) is 2.03. The SMILES string of the molecule is CCC(CC(=O)O)c1ccc(C)c(Cl)c1. The van der Waals surface area contributed by atoms with Crippen LogP contribution in [0.3, 0.4) is 0 Å². The summed E-state index contributed by atoms with van der Waals surface area (Å²) in [6.07, 6.45) is 0.974. The maximum Gasteiger partial charge on any atom is 0.303 e. The van der Waals surface area contributed by atoms with E-state index in [4.69, 9.17) is 16.7 Å². The van der Waals surface area contributed by atoms with E-state index in [-0.39, 0.29) is 12.3 Å². The van der Waals surface area contributed by atoms with Crippen molar-refractivity contribution in [1.29, 1.82) is 0 Å². The zero-order valence-electron chi connectivity index (χ0n) is 8.96. The van der Waals surface area contributed by atoms with Gasteiger partial charge in [0.15, 0.2) is 0 Å². The number of rotatable bonds is 4. The summed E-state index contributed by atoms with van der Waals surface area (Å²) < 4.78 is 0. The molecule has 2 nitrogen and oxygen atoms in total. The molecule has 1 aromatic carbocycles. The number of hydrogen-bond donors (Lipinski definition) is 1. The molecule has 0 amide bonds. The van der Waals surface area contributed by atoms with Crippen LogP contribution >= 0.6 is 11.6 Å². The Morgan fingerprint density at radius 3 is 2.67 bits per heavy atom. The first-order valence-corrected chi connectivity index (χ1v) is 5.40. The van der Waals surface area contributed by atoms with E-state index in [2.05, 4.69) is 0 Å². The molecule has 3 heteroatoms. The van der Waals surface area contributed by atoms with Crippen LogP contribution in [-0.4, -0.2) is 11.1 Å². The van der Waals surface area contributed by atoms with Gasteiger partial charge in [-0.05, 0) is 36.5 Å². The van der Waals surface area contributed by atoms with Crippen molar-refractivity contribution in [2.75, 3.05) is 0 Å². The van der Waals surface area contributed by atoms with Gasteiger partial charge in [0.05, 0.1) is 6.42 Å². The normalized spacial score (nSPS) is 12.5. The summed E-state index contributed by atoms with van der Waals surface area (Å²) in [5.74, 6) is -0.709. The minimum atomic E-state index is -0.765. The lowest BCUT2D eigenvalue weighted by Crippen LogP contribution is -2.05. The fraction of sp³-hybridized carbons (Fsp3) is 0.417. The summed E-state index contributed by atoms with van der Waals surface area (Å²) in [6.45, 7) is 3.92. The average molecular weight is 227 g/mol. The number of aryl methyl sites for hydroxylation is 1. The maximum absolute atomic E-state index is 10.7. The third-order valence-electron chi connectivity index (χ3n) is 2.58. The van der Waals surface area contributed by atoms with Gasteiger partial charge in [-0.25, -0.2) is 0 Å². The molecule has 15 heavy (non-hydrogen) atoms. The molecule has 0 heterocycles. The van der Waals surface area contributed by atoms with Gasteiger partial charge in [-0.1, -0.05) is 30.7 Å². The Hall–Kier alpha value is -1.02. The molecule has 0 saturated carbocycles. The summed E-state index contributed by atoms with van der Waals surface area (Å²) in [7, 11) is 0. The largest absolute Gasteiger partial charge is 0.481 e. The van der Waals surface area contributed by atoms with E-state index in [9.17, 15) is 4.79 Å². The molecule has 0 aromatic heterocycles. The number of carboxylic acids is 1. The smallest absolute Gasteiger partial charge is 0.303 e. The van der Waals surface area contributed by atoms with Crippen molar-refractivity contribution in [3.05, 3.63) is 34.3 Å². The van der Waals surface area contributed by atoms with Crippen LogP contribution in [0.15, 0.2) is 18.2 Å². The predicted octanol–water partition coefficient (Wildman–Crippen LogP) is 3.62. The Morgan fingerprint density at radius 1 is 1.53 bits per heavy atom. The Morgan fingerprint density at radius 2 is 2.20 bits per heavy atom. The van der Waals surface area contributed by atoms with Gasteiger partial charge < -0.3 is 5.11 Å². The van der Waals surface area contributed by atoms with Crippen molar-refractivity contribution in [1.82, 2.24) is 0 Å². The lowest BCUT2D eigenvalue weighted by Gasteiger charge is -2.13. The highest BCUT2D eigenvalue weighted by atomic mass is 35.5. The fourth-order valence-corrected chi connectivity index (χ4v) is 1.76. The molecule has 0 radical (unpaired) electrons. The molecule has 1 N–H and O–H groups in total. The Kier molecular flexibility index (Phi) is 4.15. The average Bonchev–Trinajstić information content (AvgIpc) is 2.18. The quantitative estimate of drug-likeness (QED) is 0.852. The zero-order chi connectivity index (χ0) is 11.4. The molecular weight excluding hydrogens is 212 g/mol. The van der Waals surface area contributed by atoms with E-state index in [1.165, 1.54) is 0 Å². The number of carbonyl (C=O) groups is 1. The summed E-state index contributed by atoms with van der Waals surface area (Å²) in [6, 6.07) is 5.76. The van der Waals surface area contributed by atoms with Gasteiger partial charge in [0, 0.05) is 5.02 Å². The lowest BCUT2D eigenvalue weighted by atomic mass is 9.93. The van der Waals surface area contributed by atoms with Crippen LogP contribution in [0.5, 0.6) is 0 Å². The van der Waals surface area contributed by atoms with Gasteiger partial charge in [0.25, 0.3) is 0 Å². The van der Waals surface area contributed by atoms with Gasteiger partial charge in [0.2, 0.25) is 0 Å². The first kappa shape index (κ1) is 12.1. The first-order chi connectivity index (χ1) is 7.04. The lowest BCUT2D eigenvalue weighted by molar-refractivity contribution is -0.137. The Labute approximate surface area is 94.9 Å². The topological polar surface area (TPSA) is 37.3 Å². The molecule has 0 aliphatic rings. The van der Waals surface area contributed by atoms with E-state index in [0.29, 0.717) is 5.02 Å². The van der Waals surface area contributed by atoms with Crippen molar-refractivity contribution in [2.24, 2.45) is 0 Å². The van der Waals surface area contributed by atoms with Gasteiger partial charge in [0.1, 0.15) is 0 Å². The van der Waals surface area contributed by atoms with E-state index in [1.807, 2.05) is 32.0 Å². The summed E-state index contributed by atoms with van der Waals surface area (Å²) in [4.78, 5) is 10.7. The van der Waals surface area contributed by atoms with E-state index in [1.54, 1.807) is 0 Å². The second kappa shape index (κ2) is 5.17. The van der Waals surface area contributed by atoms with Crippen LogP contribution in [0.2, 0.25) is 5.02 Å². The van der Waals surface area contributed by atoms with Crippen LogP contribution in [-0.2, 0) is 4.79 Å². The van der Waals surface area contributed by atoms with Crippen molar-refractivity contribution in [2.45, 2.75) is 32.6 Å². The van der Waals surface area contributed by atoms with Crippen LogP contribution in [0.25, 0.3) is 0 Å². The highest BCUT2D eigenvalue weighted by molar-refractivity contribution is 6.31. The molecule has 0 spiro atoms. The molecule has 0 aliphatic heterocycles. The third-order valence-corrected chi connectivity index (χ3v) is 2.99. The number of carboxylic acid groups (broad SMARTS) is 1. The van der Waals surface area contributed by atoms with Crippen LogP contribution < -0.4 is 0 Å². The first-order valence-electron chi connectivity index (χ1n) is 5.02. The minimum Gasteiger partial charge on any atom is -0.481 e. The van der Waals surface area contributed by atoms with E-state index >= 15 is 0 Å². The van der Waals surface area contributed by atoms with Crippen molar-refractivity contribution >= 4 is 17.6 Å². The van der Waals surface area contributed by atoms with Gasteiger partial charge in [-0.3, -0.25) is 4.79 Å². The van der Waals surface area contributed by atoms with Gasteiger partial charge >= 0.3 is 5.97 Å². The molecule has 1 aromatic rings. The molecule has 0 saturated heterocycles. The number of aliphatic carboxylic acids is 1. The standard InChI is InChI=1S/C12H15ClO2/c1-3-9(7-12(14)15)10-5-4-8(2)11(13)6-10/h4-6,9H,3,7H2,1-2H3,(H,14,15). The second-order valence-electron chi connectivity index (χ2n) is 3.71. The van der Waals surface area contributed by atoms with Crippen molar-refractivity contribution < 1.29 is 9.90 Å². The van der Waals surface area contributed by atoms with Crippen LogP contribution in [0.1, 0.15) is 36.8 Å². The highest BCUT2D eigenvalue weighted by Gasteiger charge is 2.14. The van der Waals surface area contributed by atoms with Crippen molar-refractivity contribution in [3.63, 3.8) is 0 Å². The Bertz CT molecular complexity index is 361. The molecule has 1 unspecified atom stereocenters. The fourth-order valence-electron chi connectivity index (χ4n) is 1.57. The molecular formula is C12H15ClO2. The molecule has 0 bridgehead atoms. The summed E-state index contributed by atoms with van der Waals surface area (Å²) in [5, 5.41) is 9.47.